The molecule has 2 aliphatic rings. The van der Waals surface area contributed by atoms with Crippen molar-refractivity contribution in [3.8, 4) is 6.07 Å². The van der Waals surface area contributed by atoms with Gasteiger partial charge in [-0.25, -0.2) is 9.78 Å². The van der Waals surface area contributed by atoms with Crippen LogP contribution in [-0.4, -0.2) is 21.6 Å². The third-order valence-corrected chi connectivity index (χ3v) is 4.64. The number of carboxylic acid groups (broad SMARTS) is 1. The lowest BCUT2D eigenvalue weighted by molar-refractivity contribution is -0.142. The van der Waals surface area contributed by atoms with E-state index in [2.05, 4.69) is 16.4 Å². The topological polar surface area (TPSA) is 86.0 Å². The van der Waals surface area contributed by atoms with Gasteiger partial charge in [0.15, 0.2) is 0 Å². The molecule has 0 aromatic carbocycles. The van der Waals surface area contributed by atoms with Gasteiger partial charge < -0.3 is 10.4 Å². The Balaban J connectivity index is 1.97. The standard InChI is InChI=1S/C16H19N3O2/c1-16(15(20)21,12-6-7-12)19-14-11(9-17)8-10-4-2-3-5-13(10)18-14/h8,12H,2-7H2,1H3,(H,18,19)(H,20,21). The summed E-state index contributed by atoms with van der Waals surface area (Å²) in [6.45, 7) is 1.69. The number of aliphatic carboxylic acids is 1. The van der Waals surface area contributed by atoms with Crippen LogP contribution in [-0.2, 0) is 17.6 Å². The molecule has 0 spiro atoms. The number of fused-ring (bicyclic) bond motifs is 1. The zero-order valence-corrected chi connectivity index (χ0v) is 12.1. The van der Waals surface area contributed by atoms with Gasteiger partial charge in [0.1, 0.15) is 17.4 Å². The fourth-order valence-electron chi connectivity index (χ4n) is 3.05. The number of hydrogen-bond donors (Lipinski definition) is 2. The number of hydrogen-bond acceptors (Lipinski definition) is 4. The van der Waals surface area contributed by atoms with Crippen molar-refractivity contribution < 1.29 is 9.90 Å². The Hall–Kier alpha value is -2.09. The maximum absolute atomic E-state index is 11.6. The molecule has 2 aliphatic carbocycles. The number of aromatic nitrogens is 1. The maximum atomic E-state index is 11.6. The van der Waals surface area contributed by atoms with E-state index in [-0.39, 0.29) is 5.92 Å². The van der Waals surface area contributed by atoms with Crippen LogP contribution >= 0.6 is 0 Å². The average molecular weight is 285 g/mol. The first-order chi connectivity index (χ1) is 10.0. The smallest absolute Gasteiger partial charge is 0.329 e. The predicted octanol–water partition coefficient (Wildman–Crippen LogP) is 2.50. The molecule has 2 N–H and O–H groups in total. The van der Waals surface area contributed by atoms with Gasteiger partial charge in [0.25, 0.3) is 0 Å². The molecule has 0 bridgehead atoms. The molecule has 1 heterocycles. The molecule has 0 amide bonds. The van der Waals surface area contributed by atoms with Crippen molar-refractivity contribution in [2.75, 3.05) is 5.32 Å². The lowest BCUT2D eigenvalue weighted by Gasteiger charge is -2.28. The Morgan fingerprint density at radius 1 is 1.48 bits per heavy atom. The Morgan fingerprint density at radius 2 is 2.19 bits per heavy atom. The van der Waals surface area contributed by atoms with Crippen molar-refractivity contribution >= 4 is 11.8 Å². The van der Waals surface area contributed by atoms with Gasteiger partial charge in [0.2, 0.25) is 0 Å². The van der Waals surface area contributed by atoms with E-state index in [1.807, 2.05) is 6.07 Å². The Labute approximate surface area is 124 Å². The van der Waals surface area contributed by atoms with E-state index in [1.165, 1.54) is 0 Å². The molecule has 0 radical (unpaired) electrons. The molecule has 21 heavy (non-hydrogen) atoms. The molecule has 1 atom stereocenters. The molecular formula is C16H19N3O2. The van der Waals surface area contributed by atoms with Gasteiger partial charge in [-0.3, -0.25) is 0 Å². The van der Waals surface area contributed by atoms with Crippen LogP contribution in [0.1, 0.15) is 49.4 Å². The number of pyridine rings is 1. The zero-order valence-electron chi connectivity index (χ0n) is 12.1. The van der Waals surface area contributed by atoms with Gasteiger partial charge in [-0.05, 0) is 63.0 Å². The van der Waals surface area contributed by atoms with E-state index in [0.717, 1.165) is 49.8 Å². The van der Waals surface area contributed by atoms with E-state index in [1.54, 1.807) is 6.92 Å². The summed E-state index contributed by atoms with van der Waals surface area (Å²) in [4.78, 5) is 16.2. The second-order valence-corrected chi connectivity index (χ2v) is 6.22. The molecule has 5 heteroatoms. The quantitative estimate of drug-likeness (QED) is 0.887. The number of nitriles is 1. The number of rotatable bonds is 4. The summed E-state index contributed by atoms with van der Waals surface area (Å²) in [6.07, 6.45) is 5.90. The fraction of sp³-hybridized carbons (Fsp3) is 0.562. The average Bonchev–Trinajstić information content (AvgIpc) is 3.31. The van der Waals surface area contributed by atoms with E-state index in [0.29, 0.717) is 11.4 Å². The highest BCUT2D eigenvalue weighted by Crippen LogP contribution is 2.42. The van der Waals surface area contributed by atoms with Crippen molar-refractivity contribution in [1.29, 1.82) is 5.26 Å². The van der Waals surface area contributed by atoms with Crippen molar-refractivity contribution in [1.82, 2.24) is 4.98 Å². The lowest BCUT2D eigenvalue weighted by Crippen LogP contribution is -2.46. The molecule has 5 nitrogen and oxygen atoms in total. The highest BCUT2D eigenvalue weighted by molar-refractivity contribution is 5.83. The van der Waals surface area contributed by atoms with Crippen LogP contribution in [0, 0.1) is 17.2 Å². The third-order valence-electron chi connectivity index (χ3n) is 4.64. The van der Waals surface area contributed by atoms with Gasteiger partial charge in [-0.15, -0.1) is 0 Å². The third kappa shape index (κ3) is 2.46. The van der Waals surface area contributed by atoms with Gasteiger partial charge in [-0.2, -0.15) is 5.26 Å². The van der Waals surface area contributed by atoms with Crippen LogP contribution in [0.2, 0.25) is 0 Å². The molecular weight excluding hydrogens is 266 g/mol. The molecule has 1 aromatic heterocycles. The summed E-state index contributed by atoms with van der Waals surface area (Å²) < 4.78 is 0. The molecule has 3 rings (SSSR count). The van der Waals surface area contributed by atoms with Gasteiger partial charge in [0, 0.05) is 5.69 Å². The first-order valence-corrected chi connectivity index (χ1v) is 7.49. The lowest BCUT2D eigenvalue weighted by atomic mass is 9.93. The normalized spacial score (nSPS) is 20.0. The molecule has 110 valence electrons. The van der Waals surface area contributed by atoms with Gasteiger partial charge in [0.05, 0.1) is 5.56 Å². The largest absolute Gasteiger partial charge is 0.480 e. The second-order valence-electron chi connectivity index (χ2n) is 6.22. The van der Waals surface area contributed by atoms with Crippen LogP contribution in [0.25, 0.3) is 0 Å². The predicted molar refractivity (Wildman–Crippen MR) is 78.0 cm³/mol. The number of carboxylic acids is 1. The van der Waals surface area contributed by atoms with E-state index < -0.39 is 11.5 Å². The Kier molecular flexibility index (Phi) is 3.32. The number of anilines is 1. The monoisotopic (exact) mass is 285 g/mol. The minimum absolute atomic E-state index is 0.111. The first-order valence-electron chi connectivity index (χ1n) is 7.49. The fourth-order valence-corrected chi connectivity index (χ4v) is 3.05. The van der Waals surface area contributed by atoms with E-state index in [9.17, 15) is 15.2 Å². The molecule has 1 fully saturated rings. The van der Waals surface area contributed by atoms with Crippen LogP contribution in [0.4, 0.5) is 5.82 Å². The van der Waals surface area contributed by atoms with Gasteiger partial charge >= 0.3 is 5.97 Å². The van der Waals surface area contributed by atoms with Gasteiger partial charge in [-0.1, -0.05) is 0 Å². The first kappa shape index (κ1) is 13.9. The maximum Gasteiger partial charge on any atom is 0.329 e. The summed E-state index contributed by atoms with van der Waals surface area (Å²) >= 11 is 0. The van der Waals surface area contributed by atoms with Crippen LogP contribution in [0.5, 0.6) is 0 Å². The summed E-state index contributed by atoms with van der Waals surface area (Å²) in [5.74, 6) is -0.345. The Morgan fingerprint density at radius 3 is 2.81 bits per heavy atom. The molecule has 1 aromatic rings. The highest BCUT2D eigenvalue weighted by Gasteiger charge is 2.48. The van der Waals surface area contributed by atoms with Crippen LogP contribution in [0.3, 0.4) is 0 Å². The highest BCUT2D eigenvalue weighted by atomic mass is 16.4. The van der Waals surface area contributed by atoms with E-state index >= 15 is 0 Å². The molecule has 0 saturated heterocycles. The minimum Gasteiger partial charge on any atom is -0.480 e. The zero-order chi connectivity index (χ0) is 15.0. The number of aryl methyl sites for hydroxylation is 2. The van der Waals surface area contributed by atoms with Crippen molar-refractivity contribution in [2.24, 2.45) is 5.92 Å². The molecule has 1 saturated carbocycles. The van der Waals surface area contributed by atoms with Crippen molar-refractivity contribution in [3.63, 3.8) is 0 Å². The van der Waals surface area contributed by atoms with Crippen LogP contribution in [0.15, 0.2) is 6.07 Å². The summed E-state index contributed by atoms with van der Waals surface area (Å²) in [7, 11) is 0. The van der Waals surface area contributed by atoms with Crippen LogP contribution < -0.4 is 5.32 Å². The van der Waals surface area contributed by atoms with Crippen molar-refractivity contribution in [3.05, 3.63) is 22.9 Å². The minimum atomic E-state index is -1.04. The molecule has 1 unspecified atom stereocenters. The second kappa shape index (κ2) is 5.03. The molecule has 0 aliphatic heterocycles. The number of nitrogens with zero attached hydrogens (tertiary/aromatic N) is 2. The Bertz CT molecular complexity index is 631. The number of nitrogens with one attached hydrogen (secondary N) is 1. The summed E-state index contributed by atoms with van der Waals surface area (Å²) in [5.41, 5.74) is 1.54. The SMILES string of the molecule is CC(Nc1nc2c(cc1C#N)CCCC2)(C(=O)O)C1CC1. The van der Waals surface area contributed by atoms with E-state index in [4.69, 9.17) is 0 Å². The number of carbonyl (C=O) groups is 1. The summed E-state index contributed by atoms with van der Waals surface area (Å²) in [6, 6.07) is 4.02. The van der Waals surface area contributed by atoms with Crippen molar-refractivity contribution in [2.45, 2.75) is 51.0 Å². The summed E-state index contributed by atoms with van der Waals surface area (Å²) in [5, 5.41) is 21.9.